The lowest BCUT2D eigenvalue weighted by molar-refractivity contribution is -0.572. The van der Waals surface area contributed by atoms with Crippen LogP contribution in [0.2, 0.25) is 0 Å². The maximum Gasteiger partial charge on any atom is 0.251 e. The Kier molecular flexibility index (Phi) is 25.6. The van der Waals surface area contributed by atoms with Crippen LogP contribution in [0.4, 0.5) is 5.69 Å². The molecule has 1 aliphatic rings. The predicted octanol–water partition coefficient (Wildman–Crippen LogP) is 3.95. The number of benzene rings is 3. The number of nitrogens with one attached hydrogen (secondary N) is 4. The minimum absolute atomic E-state index is 0.102. The molecule has 0 saturated heterocycles. The fraction of sp³-hybridized carbons (Fsp3) is 0.564. The molecule has 0 spiro atoms. The Morgan fingerprint density at radius 2 is 1.04 bits per heavy atom. The van der Waals surface area contributed by atoms with E-state index < -0.39 is 36.7 Å². The Hall–Kier alpha value is -6.32. The molecule has 2 heterocycles. The number of fused-ring (bicyclic) bond motifs is 3. The van der Waals surface area contributed by atoms with Gasteiger partial charge >= 0.3 is 0 Å². The number of unbranched alkanes of at least 4 members (excludes halogenated alkanes) is 3. The van der Waals surface area contributed by atoms with Crippen molar-refractivity contribution in [1.82, 2.24) is 36.3 Å². The van der Waals surface area contributed by atoms with E-state index in [9.17, 15) is 19.2 Å². The van der Waals surface area contributed by atoms with Gasteiger partial charge in [-0.05, 0) is 71.9 Å². The van der Waals surface area contributed by atoms with Crippen LogP contribution >= 0.6 is 0 Å². The molecule has 6 N–H and O–H groups in total. The van der Waals surface area contributed by atoms with Gasteiger partial charge in [0.2, 0.25) is 17.7 Å². The van der Waals surface area contributed by atoms with Crippen molar-refractivity contribution < 1.29 is 62.4 Å². The minimum Gasteiger partial charge on any atom is -0.491 e. The van der Waals surface area contributed by atoms with Crippen LogP contribution in [0.5, 0.6) is 23.0 Å². The van der Waals surface area contributed by atoms with Crippen LogP contribution in [-0.2, 0) is 57.1 Å². The lowest BCUT2D eigenvalue weighted by Crippen LogP contribution is -2.78. The molecule has 4 aromatic rings. The molecular weight excluding hydrogens is 965 g/mol. The number of hydrogen-bond acceptors (Lipinski definition) is 14. The average Bonchev–Trinajstić information content (AvgIpc) is 3.84. The number of para-hydroxylation sites is 2. The Bertz CT molecular complexity index is 2270. The van der Waals surface area contributed by atoms with E-state index in [0.29, 0.717) is 88.9 Å². The molecule has 1 aromatic heterocycles. The van der Waals surface area contributed by atoms with Crippen LogP contribution in [0.25, 0.3) is 0 Å². The third kappa shape index (κ3) is 23.8. The first-order valence-corrected chi connectivity index (χ1v) is 26.2. The molecule has 0 radical (unpaired) electrons. The molecule has 0 aliphatic carbocycles. The molecule has 1 aliphatic heterocycles. The lowest BCUT2D eigenvalue weighted by Gasteiger charge is -2.25. The summed E-state index contributed by atoms with van der Waals surface area (Å²) in [6.45, 7) is 17.9. The van der Waals surface area contributed by atoms with E-state index in [1.807, 2.05) is 30.5 Å². The van der Waals surface area contributed by atoms with Gasteiger partial charge in [0.1, 0.15) is 43.6 Å². The number of ether oxygens (including phenoxy) is 8. The summed E-state index contributed by atoms with van der Waals surface area (Å²) in [6, 6.07) is 19.1. The van der Waals surface area contributed by atoms with E-state index in [1.54, 1.807) is 10.7 Å². The van der Waals surface area contributed by atoms with Gasteiger partial charge in [-0.2, -0.15) is 0 Å². The van der Waals surface area contributed by atoms with Crippen molar-refractivity contribution in [2.75, 3.05) is 112 Å². The van der Waals surface area contributed by atoms with Gasteiger partial charge < -0.3 is 64.5 Å². The van der Waals surface area contributed by atoms with E-state index in [0.717, 1.165) is 44.3 Å². The number of quaternary nitrogens is 1. The van der Waals surface area contributed by atoms with E-state index in [1.165, 1.54) is 28.9 Å². The fourth-order valence-corrected chi connectivity index (χ4v) is 7.45. The SMILES string of the molecule is CC(C)(C)c1cc([NH2+]CCCCCCc2cn(CCNC(=O)CNC(=O)CNC(=O)CNC(=O)c3cc4cc(c3)OCCOCCOCCOc3ccccc3OCCOCCOCCO4)nn2)cc(C(C)(C)C)c1. The normalized spacial score (nSPS) is 14.7. The van der Waals surface area contributed by atoms with Gasteiger partial charge in [-0.25, -0.2) is 0 Å². The predicted molar refractivity (Wildman–Crippen MR) is 282 cm³/mol. The highest BCUT2D eigenvalue weighted by atomic mass is 16.6. The highest BCUT2D eigenvalue weighted by Gasteiger charge is 2.22. The zero-order chi connectivity index (χ0) is 53.7. The molecule has 0 atom stereocenters. The topological polar surface area (TPSA) is 238 Å². The van der Waals surface area contributed by atoms with Crippen molar-refractivity contribution in [3.05, 3.63) is 89.2 Å². The number of aromatic nitrogens is 3. The Balaban J connectivity index is 0.929. The van der Waals surface area contributed by atoms with Crippen LogP contribution in [0.1, 0.15) is 94.4 Å². The number of carbonyl (C=O) groups excluding carboxylic acids is 4. The molecular formula is C55H81N8O12+. The summed E-state index contributed by atoms with van der Waals surface area (Å²) >= 11 is 0. The van der Waals surface area contributed by atoms with Crippen molar-refractivity contribution in [3.63, 3.8) is 0 Å². The summed E-state index contributed by atoms with van der Waals surface area (Å²) in [6.07, 6.45) is 7.14. The van der Waals surface area contributed by atoms with Crippen molar-refractivity contribution in [1.29, 1.82) is 0 Å². The summed E-state index contributed by atoms with van der Waals surface area (Å²) in [5.74, 6) is -0.224. The molecule has 4 amide bonds. The van der Waals surface area contributed by atoms with E-state index in [2.05, 4.69) is 96.6 Å². The Labute approximate surface area is 441 Å². The minimum atomic E-state index is -0.610. The molecule has 412 valence electrons. The molecule has 0 fully saturated rings. The average molecular weight is 1050 g/mol. The number of nitrogens with two attached hydrogens (primary N) is 1. The van der Waals surface area contributed by atoms with Crippen molar-refractivity contribution >= 4 is 29.3 Å². The van der Waals surface area contributed by atoms with Gasteiger partial charge in [0.25, 0.3) is 5.91 Å². The summed E-state index contributed by atoms with van der Waals surface area (Å²) in [5.41, 5.74) is 5.34. The number of nitrogens with zero attached hydrogens (tertiary/aromatic N) is 3. The summed E-state index contributed by atoms with van der Waals surface area (Å²) in [5, 5.41) is 21.1. The van der Waals surface area contributed by atoms with Crippen LogP contribution < -0.4 is 45.5 Å². The third-order valence-electron chi connectivity index (χ3n) is 11.7. The quantitative estimate of drug-likeness (QED) is 0.0702. The molecule has 3 aromatic carbocycles. The van der Waals surface area contributed by atoms with Gasteiger partial charge in [-0.1, -0.05) is 71.4 Å². The van der Waals surface area contributed by atoms with Crippen molar-refractivity contribution in [2.24, 2.45) is 0 Å². The molecule has 0 unspecified atom stereocenters. The smallest absolute Gasteiger partial charge is 0.251 e. The molecule has 0 saturated carbocycles. The second-order valence-corrected chi connectivity index (χ2v) is 20.0. The van der Waals surface area contributed by atoms with Crippen LogP contribution in [-0.4, -0.2) is 151 Å². The number of hydrogen-bond donors (Lipinski definition) is 5. The van der Waals surface area contributed by atoms with Crippen LogP contribution in [0.15, 0.2) is 66.9 Å². The van der Waals surface area contributed by atoms with Gasteiger partial charge in [-0.3, -0.25) is 23.9 Å². The van der Waals surface area contributed by atoms with Crippen molar-refractivity contribution in [3.8, 4) is 23.0 Å². The summed E-state index contributed by atoms with van der Waals surface area (Å²) in [4.78, 5) is 50.7. The Morgan fingerprint density at radius 1 is 0.560 bits per heavy atom. The molecule has 75 heavy (non-hydrogen) atoms. The monoisotopic (exact) mass is 1050 g/mol. The van der Waals surface area contributed by atoms with E-state index >= 15 is 0 Å². The second kappa shape index (κ2) is 32.2. The van der Waals surface area contributed by atoms with Gasteiger partial charge in [0.15, 0.2) is 11.5 Å². The fourth-order valence-electron chi connectivity index (χ4n) is 7.45. The van der Waals surface area contributed by atoms with Crippen LogP contribution in [0, 0.1) is 0 Å². The first-order valence-electron chi connectivity index (χ1n) is 26.2. The number of rotatable bonds is 18. The zero-order valence-electron chi connectivity index (χ0n) is 44.9. The third-order valence-corrected chi connectivity index (χ3v) is 11.7. The van der Waals surface area contributed by atoms with Crippen LogP contribution in [0.3, 0.4) is 0 Å². The largest absolute Gasteiger partial charge is 0.491 e. The lowest BCUT2D eigenvalue weighted by atomic mass is 9.80. The van der Waals surface area contributed by atoms with E-state index in [4.69, 9.17) is 37.9 Å². The van der Waals surface area contributed by atoms with Crippen molar-refractivity contribution in [2.45, 2.75) is 91.0 Å². The first kappa shape index (κ1) is 59.6. The summed E-state index contributed by atoms with van der Waals surface area (Å²) in [7, 11) is 0. The number of carbonyl (C=O) groups is 4. The number of aryl methyl sites for hydroxylation is 1. The maximum atomic E-state index is 13.2. The van der Waals surface area contributed by atoms with Gasteiger partial charge in [0, 0.05) is 36.5 Å². The standard InChI is InChI=1S/C55H80N8O12/c1-54(2,3)42-33-43(55(4,5)6)35-45(34-42)56-16-12-8-7-9-13-44-40-63(62-61-44)18-17-57-50(64)37-58-51(65)38-59-52(66)39-60-53(67)41-31-46-36-47(32-41)73-28-24-69-20-22-71-26-30-75-49-15-11-10-14-48(49)74-29-25-70-21-19-68-23-27-72-46/h10-11,14-15,31-36,40,56H,7-9,12-13,16-30,37-39H2,1-6H3,(H,57,64)(H,58,65)(H,59,66)(H,60,67)/p+1. The molecule has 20 nitrogen and oxygen atoms in total. The number of amides is 4. The Morgan fingerprint density at radius 3 is 1.57 bits per heavy atom. The van der Waals surface area contributed by atoms with Gasteiger partial charge in [-0.15, -0.1) is 5.10 Å². The maximum absolute atomic E-state index is 13.2. The highest BCUT2D eigenvalue weighted by Crippen LogP contribution is 2.31. The first-order chi connectivity index (χ1) is 36.1. The van der Waals surface area contributed by atoms with Gasteiger partial charge in [0.05, 0.1) is 91.3 Å². The zero-order valence-corrected chi connectivity index (χ0v) is 44.9. The molecule has 20 heteroatoms. The highest BCUT2D eigenvalue weighted by molar-refractivity contribution is 5.97. The molecule has 5 rings (SSSR count). The summed E-state index contributed by atoms with van der Waals surface area (Å²) < 4.78 is 47.6. The second-order valence-electron chi connectivity index (χ2n) is 20.0. The van der Waals surface area contributed by atoms with E-state index in [-0.39, 0.29) is 49.4 Å². The molecule has 2 bridgehead atoms.